The lowest BCUT2D eigenvalue weighted by Crippen LogP contribution is -2.52. The predicted octanol–water partition coefficient (Wildman–Crippen LogP) is 5.54. The van der Waals surface area contributed by atoms with Crippen LogP contribution in [0.1, 0.15) is 56.8 Å². The van der Waals surface area contributed by atoms with Crippen LogP contribution in [-0.4, -0.2) is 41.2 Å². The van der Waals surface area contributed by atoms with Crippen molar-refractivity contribution in [1.29, 1.82) is 0 Å². The van der Waals surface area contributed by atoms with E-state index in [0.29, 0.717) is 17.0 Å². The van der Waals surface area contributed by atoms with Gasteiger partial charge in [-0.15, -0.1) is 0 Å². The largest absolute Gasteiger partial charge is 0.479 e. The summed E-state index contributed by atoms with van der Waals surface area (Å²) in [5.41, 5.74) is 2.22. The van der Waals surface area contributed by atoms with E-state index in [1.54, 1.807) is 30.3 Å². The summed E-state index contributed by atoms with van der Waals surface area (Å²) in [5.74, 6) is -0.492. The molecule has 2 N–H and O–H groups in total. The maximum Gasteiger partial charge on any atom is 0.337 e. The number of benzene rings is 2. The van der Waals surface area contributed by atoms with Crippen LogP contribution in [0.5, 0.6) is 0 Å². The van der Waals surface area contributed by atoms with Gasteiger partial charge in [-0.25, -0.2) is 4.79 Å². The molecule has 1 saturated carbocycles. The molecule has 3 rings (SSSR count). The van der Waals surface area contributed by atoms with Crippen LogP contribution in [0, 0.1) is 5.92 Å². The van der Waals surface area contributed by atoms with E-state index in [0.717, 1.165) is 10.9 Å². The number of aliphatic hydroxyl groups excluding tert-OH is 1. The van der Waals surface area contributed by atoms with E-state index in [1.807, 2.05) is 12.1 Å². The summed E-state index contributed by atoms with van der Waals surface area (Å²) in [6.45, 7) is 4.65. The number of carboxylic acid groups (broad SMARTS) is 1. The number of carboxylic acids is 1. The molecular formula is C25H34ClNO3. The predicted molar refractivity (Wildman–Crippen MR) is 123 cm³/mol. The molecule has 0 radical (unpaired) electrons. The fourth-order valence-electron chi connectivity index (χ4n) is 4.31. The van der Waals surface area contributed by atoms with E-state index in [9.17, 15) is 4.79 Å². The van der Waals surface area contributed by atoms with Crippen molar-refractivity contribution in [2.75, 3.05) is 14.1 Å². The van der Waals surface area contributed by atoms with Gasteiger partial charge in [0.05, 0.1) is 0 Å². The van der Waals surface area contributed by atoms with Crippen LogP contribution >= 0.6 is 11.6 Å². The Hall–Kier alpha value is -1.88. The van der Waals surface area contributed by atoms with E-state index in [-0.39, 0.29) is 0 Å². The molecule has 2 unspecified atom stereocenters. The van der Waals surface area contributed by atoms with Crippen LogP contribution in [0.2, 0.25) is 5.02 Å². The Labute approximate surface area is 185 Å². The maximum atomic E-state index is 10.2. The molecular weight excluding hydrogens is 398 g/mol. The van der Waals surface area contributed by atoms with Crippen molar-refractivity contribution < 1.29 is 15.0 Å². The van der Waals surface area contributed by atoms with Gasteiger partial charge in [0.15, 0.2) is 6.10 Å². The Morgan fingerprint density at radius 3 is 2.03 bits per heavy atom. The van der Waals surface area contributed by atoms with Crippen LogP contribution in [0.3, 0.4) is 0 Å². The number of hydrogen-bond acceptors (Lipinski definition) is 3. The number of rotatable bonds is 7. The van der Waals surface area contributed by atoms with Crippen LogP contribution in [0.4, 0.5) is 0 Å². The lowest BCUT2D eigenvalue weighted by Gasteiger charge is -2.51. The van der Waals surface area contributed by atoms with Crippen LogP contribution in [0.15, 0.2) is 54.6 Å². The second-order valence-corrected chi connectivity index (χ2v) is 9.21. The molecule has 2 aromatic carbocycles. The molecule has 0 amide bonds. The minimum absolute atomic E-state index is 0.346. The van der Waals surface area contributed by atoms with Gasteiger partial charge in [0.1, 0.15) is 0 Å². The molecule has 1 aliphatic rings. The molecule has 0 spiro atoms. The van der Waals surface area contributed by atoms with Crippen LogP contribution in [-0.2, 0) is 10.2 Å². The Balaban J connectivity index is 0.000000248. The zero-order valence-corrected chi connectivity index (χ0v) is 19.1. The third-order valence-electron chi connectivity index (χ3n) is 5.97. The fourth-order valence-corrected chi connectivity index (χ4v) is 4.43. The molecule has 2 aromatic rings. The lowest BCUT2D eigenvalue weighted by atomic mass is 9.58. The van der Waals surface area contributed by atoms with Crippen molar-refractivity contribution in [2.24, 2.45) is 5.92 Å². The lowest BCUT2D eigenvalue weighted by molar-refractivity contribution is -0.146. The Morgan fingerprint density at radius 1 is 1.07 bits per heavy atom. The number of halogens is 1. The highest BCUT2D eigenvalue weighted by Crippen LogP contribution is 2.49. The SMILES string of the molecule is CC(C)CC(N(C)C)C1(c2ccc(Cl)cc2)CCC1.O=C(O)C(O)c1ccccc1. The zero-order chi connectivity index (χ0) is 22.3. The summed E-state index contributed by atoms with van der Waals surface area (Å²) in [4.78, 5) is 12.7. The normalized spacial score (nSPS) is 16.9. The summed E-state index contributed by atoms with van der Waals surface area (Å²) in [6.07, 6.45) is 3.82. The fraction of sp³-hybridized carbons (Fsp3) is 0.480. The standard InChI is InChI=1S/C17H26ClN.C8H8O3/c1-13(2)12-16(19(3)4)17(10-5-11-17)14-6-8-15(18)9-7-14;9-7(8(10)11)6-4-2-1-3-5-6/h6-9,13,16H,5,10-12H2,1-4H3;1-5,7,9H,(H,10,11). The quantitative estimate of drug-likeness (QED) is 0.603. The number of carbonyl (C=O) groups is 1. The second-order valence-electron chi connectivity index (χ2n) is 8.78. The number of hydrogen-bond donors (Lipinski definition) is 2. The Bertz CT molecular complexity index is 786. The summed E-state index contributed by atoms with van der Waals surface area (Å²) >= 11 is 6.04. The molecule has 30 heavy (non-hydrogen) atoms. The van der Waals surface area contributed by atoms with Gasteiger partial charge in [-0.05, 0) is 62.5 Å². The van der Waals surface area contributed by atoms with Crippen molar-refractivity contribution in [1.82, 2.24) is 4.90 Å². The van der Waals surface area contributed by atoms with Gasteiger partial charge in [0.25, 0.3) is 0 Å². The van der Waals surface area contributed by atoms with Gasteiger partial charge in [-0.1, -0.05) is 74.3 Å². The minimum Gasteiger partial charge on any atom is -0.479 e. The molecule has 1 aliphatic carbocycles. The highest BCUT2D eigenvalue weighted by Gasteiger charge is 2.46. The van der Waals surface area contributed by atoms with Crippen molar-refractivity contribution in [2.45, 2.75) is 57.1 Å². The molecule has 0 heterocycles. The summed E-state index contributed by atoms with van der Waals surface area (Å²) in [5, 5.41) is 18.2. The average Bonchev–Trinajstić information content (AvgIpc) is 2.68. The van der Waals surface area contributed by atoms with Crippen molar-refractivity contribution in [3.8, 4) is 0 Å². The van der Waals surface area contributed by atoms with Gasteiger partial charge < -0.3 is 15.1 Å². The third-order valence-corrected chi connectivity index (χ3v) is 6.22. The summed E-state index contributed by atoms with van der Waals surface area (Å²) < 4.78 is 0. The molecule has 0 saturated heterocycles. The smallest absolute Gasteiger partial charge is 0.337 e. The van der Waals surface area contributed by atoms with Crippen molar-refractivity contribution >= 4 is 17.6 Å². The van der Waals surface area contributed by atoms with Gasteiger partial charge in [-0.2, -0.15) is 0 Å². The number of likely N-dealkylation sites (N-methyl/N-ethyl adjacent to an activating group) is 1. The number of aliphatic hydroxyl groups is 1. The first-order valence-corrected chi connectivity index (χ1v) is 10.9. The van der Waals surface area contributed by atoms with Crippen molar-refractivity contribution in [3.05, 3.63) is 70.7 Å². The zero-order valence-electron chi connectivity index (χ0n) is 18.4. The topological polar surface area (TPSA) is 60.8 Å². The van der Waals surface area contributed by atoms with E-state index >= 15 is 0 Å². The molecule has 4 nitrogen and oxygen atoms in total. The van der Waals surface area contributed by atoms with Gasteiger partial charge >= 0.3 is 5.97 Å². The van der Waals surface area contributed by atoms with Crippen LogP contribution in [0.25, 0.3) is 0 Å². The summed E-state index contributed by atoms with van der Waals surface area (Å²) in [7, 11) is 4.45. The first-order chi connectivity index (χ1) is 14.2. The second kappa shape index (κ2) is 10.9. The minimum atomic E-state index is -1.41. The monoisotopic (exact) mass is 431 g/mol. The van der Waals surface area contributed by atoms with Gasteiger partial charge in [-0.3, -0.25) is 0 Å². The first-order valence-electron chi connectivity index (χ1n) is 10.6. The summed E-state index contributed by atoms with van der Waals surface area (Å²) in [6, 6.07) is 17.4. The molecule has 1 fully saturated rings. The maximum absolute atomic E-state index is 10.2. The Kier molecular flexibility index (Phi) is 8.90. The average molecular weight is 432 g/mol. The molecule has 0 aromatic heterocycles. The van der Waals surface area contributed by atoms with E-state index in [2.05, 4.69) is 45.0 Å². The highest BCUT2D eigenvalue weighted by atomic mass is 35.5. The molecule has 0 bridgehead atoms. The molecule has 0 aliphatic heterocycles. The van der Waals surface area contributed by atoms with Gasteiger partial charge in [0, 0.05) is 16.5 Å². The molecule has 164 valence electrons. The van der Waals surface area contributed by atoms with Crippen molar-refractivity contribution in [3.63, 3.8) is 0 Å². The first kappa shape index (κ1) is 24.4. The van der Waals surface area contributed by atoms with Gasteiger partial charge in [0.2, 0.25) is 0 Å². The number of nitrogens with zero attached hydrogens (tertiary/aromatic N) is 1. The third kappa shape index (κ3) is 6.07. The van der Waals surface area contributed by atoms with E-state index < -0.39 is 12.1 Å². The van der Waals surface area contributed by atoms with Crippen LogP contribution < -0.4 is 0 Å². The van der Waals surface area contributed by atoms with E-state index in [1.165, 1.54) is 31.2 Å². The Morgan fingerprint density at radius 2 is 1.63 bits per heavy atom. The molecule has 2 atom stereocenters. The molecule has 5 heteroatoms. The highest BCUT2D eigenvalue weighted by molar-refractivity contribution is 6.30. The number of aliphatic carboxylic acids is 1. The van der Waals surface area contributed by atoms with E-state index in [4.69, 9.17) is 21.8 Å².